The number of aromatic nitrogens is 2. The van der Waals surface area contributed by atoms with Crippen LogP contribution in [-0.2, 0) is 0 Å². The Labute approximate surface area is 149 Å². The molecule has 2 nitrogen and oxygen atoms in total. The minimum absolute atomic E-state index is 0.237. The van der Waals surface area contributed by atoms with Crippen molar-refractivity contribution in [3.63, 3.8) is 0 Å². The van der Waals surface area contributed by atoms with Crippen LogP contribution in [0.1, 0.15) is 0 Å². The molecule has 2 aromatic carbocycles. The fourth-order valence-electron chi connectivity index (χ4n) is 1.92. The van der Waals surface area contributed by atoms with E-state index in [0.717, 1.165) is 4.47 Å². The average molecular weight is 423 g/mol. The zero-order valence-electron chi connectivity index (χ0n) is 10.2. The van der Waals surface area contributed by atoms with Crippen molar-refractivity contribution in [3.05, 3.63) is 55.0 Å². The fourth-order valence-corrected chi connectivity index (χ4v) is 3.44. The van der Waals surface area contributed by atoms with E-state index in [1.165, 1.54) is 0 Å². The molecule has 0 spiro atoms. The molecule has 0 bridgehead atoms. The molecule has 3 aromatic rings. The van der Waals surface area contributed by atoms with E-state index in [1.807, 2.05) is 12.1 Å². The van der Waals surface area contributed by atoms with Crippen molar-refractivity contribution >= 4 is 73.2 Å². The Morgan fingerprint density at radius 1 is 0.810 bits per heavy atom. The first-order chi connectivity index (χ1) is 9.97. The predicted molar refractivity (Wildman–Crippen MR) is 92.7 cm³/mol. The molecular weight excluding hydrogens is 418 g/mol. The summed E-state index contributed by atoms with van der Waals surface area (Å²) >= 11 is 28.1. The molecule has 0 aliphatic carbocycles. The third-order valence-electron chi connectivity index (χ3n) is 2.88. The highest BCUT2D eigenvalue weighted by Crippen LogP contribution is 2.36. The molecule has 1 heterocycles. The van der Waals surface area contributed by atoms with Gasteiger partial charge in [-0.15, -0.1) is 0 Å². The molecule has 0 radical (unpaired) electrons. The summed E-state index contributed by atoms with van der Waals surface area (Å²) in [5.41, 5.74) is 1.16. The standard InChI is InChI=1S/C14H5BrCl4N2/c15-6-1-2-7(10(18)5-6)14-20-12-9(17)4-3-8(16)11(12)13(19)21-14/h1-5H. The maximum atomic E-state index is 6.23. The van der Waals surface area contributed by atoms with Crippen LogP contribution in [0.4, 0.5) is 0 Å². The normalized spacial score (nSPS) is 11.1. The molecule has 7 heteroatoms. The van der Waals surface area contributed by atoms with Crippen LogP contribution in [0.15, 0.2) is 34.8 Å². The Kier molecular flexibility index (Phi) is 4.30. The summed E-state index contributed by atoms with van der Waals surface area (Å²) in [6.07, 6.45) is 0. The topological polar surface area (TPSA) is 25.8 Å². The summed E-state index contributed by atoms with van der Waals surface area (Å²) < 4.78 is 0.865. The SMILES string of the molecule is Clc1cc(Br)ccc1-c1nc(Cl)c2c(Cl)ccc(Cl)c2n1. The average Bonchev–Trinajstić information content (AvgIpc) is 2.42. The second kappa shape index (κ2) is 5.90. The maximum absolute atomic E-state index is 6.23. The van der Waals surface area contributed by atoms with Gasteiger partial charge in [-0.1, -0.05) is 62.3 Å². The van der Waals surface area contributed by atoms with E-state index >= 15 is 0 Å². The lowest BCUT2D eigenvalue weighted by Crippen LogP contribution is -1.94. The second-order valence-corrected chi connectivity index (χ2v) is 6.71. The predicted octanol–water partition coefficient (Wildman–Crippen LogP) is 6.67. The molecule has 0 aliphatic heterocycles. The van der Waals surface area contributed by atoms with Crippen LogP contribution in [0.25, 0.3) is 22.3 Å². The van der Waals surface area contributed by atoms with Gasteiger partial charge in [0.1, 0.15) is 5.15 Å². The van der Waals surface area contributed by atoms with Gasteiger partial charge in [0.2, 0.25) is 0 Å². The van der Waals surface area contributed by atoms with Crippen molar-refractivity contribution in [3.8, 4) is 11.4 Å². The highest BCUT2D eigenvalue weighted by Gasteiger charge is 2.15. The second-order valence-electron chi connectivity index (χ2n) is 4.22. The van der Waals surface area contributed by atoms with Crippen LogP contribution in [0, 0.1) is 0 Å². The van der Waals surface area contributed by atoms with Gasteiger partial charge in [0, 0.05) is 10.0 Å². The largest absolute Gasteiger partial charge is 0.226 e. The van der Waals surface area contributed by atoms with Gasteiger partial charge in [0.05, 0.1) is 26.0 Å². The highest BCUT2D eigenvalue weighted by molar-refractivity contribution is 9.10. The van der Waals surface area contributed by atoms with Gasteiger partial charge in [-0.3, -0.25) is 0 Å². The number of halogens is 5. The highest BCUT2D eigenvalue weighted by atomic mass is 79.9. The molecule has 0 N–H and O–H groups in total. The molecule has 1 aromatic heterocycles. The Morgan fingerprint density at radius 3 is 2.24 bits per heavy atom. The van der Waals surface area contributed by atoms with Crippen LogP contribution in [0.5, 0.6) is 0 Å². The molecule has 0 saturated heterocycles. The van der Waals surface area contributed by atoms with Crippen molar-refractivity contribution < 1.29 is 0 Å². The fraction of sp³-hybridized carbons (Fsp3) is 0. The summed E-state index contributed by atoms with van der Waals surface area (Å²) in [5.74, 6) is 0.397. The van der Waals surface area contributed by atoms with Crippen LogP contribution < -0.4 is 0 Å². The molecule has 0 fully saturated rings. The van der Waals surface area contributed by atoms with Crippen molar-refractivity contribution in [2.45, 2.75) is 0 Å². The number of hydrogen-bond donors (Lipinski definition) is 0. The lowest BCUT2D eigenvalue weighted by molar-refractivity contribution is 1.23. The van der Waals surface area contributed by atoms with Crippen LogP contribution in [0.3, 0.4) is 0 Å². The Bertz CT molecular complexity index is 867. The first kappa shape index (κ1) is 15.3. The zero-order chi connectivity index (χ0) is 15.1. The quantitative estimate of drug-likeness (QED) is 0.409. The van der Waals surface area contributed by atoms with Crippen LogP contribution in [-0.4, -0.2) is 9.97 Å². The van der Waals surface area contributed by atoms with E-state index in [4.69, 9.17) is 46.4 Å². The number of fused-ring (bicyclic) bond motifs is 1. The minimum Gasteiger partial charge on any atom is -0.226 e. The smallest absolute Gasteiger partial charge is 0.163 e. The number of rotatable bonds is 1. The van der Waals surface area contributed by atoms with E-state index in [0.29, 0.717) is 37.4 Å². The van der Waals surface area contributed by atoms with Crippen molar-refractivity contribution in [2.24, 2.45) is 0 Å². The zero-order valence-corrected chi connectivity index (χ0v) is 14.8. The monoisotopic (exact) mass is 420 g/mol. The van der Waals surface area contributed by atoms with E-state index in [2.05, 4.69) is 25.9 Å². The molecule has 0 atom stereocenters. The number of benzene rings is 2. The molecule has 3 rings (SSSR count). The van der Waals surface area contributed by atoms with Gasteiger partial charge in [-0.2, -0.15) is 0 Å². The van der Waals surface area contributed by atoms with Gasteiger partial charge >= 0.3 is 0 Å². The van der Waals surface area contributed by atoms with Gasteiger partial charge < -0.3 is 0 Å². The van der Waals surface area contributed by atoms with E-state index < -0.39 is 0 Å². The van der Waals surface area contributed by atoms with Crippen molar-refractivity contribution in [1.29, 1.82) is 0 Å². The summed E-state index contributed by atoms with van der Waals surface area (Å²) in [5, 5.41) is 2.18. The molecular formula is C14H5BrCl4N2. The molecule has 0 aliphatic rings. The number of nitrogens with zero attached hydrogens (tertiary/aromatic N) is 2. The van der Waals surface area contributed by atoms with Gasteiger partial charge in [-0.05, 0) is 30.3 Å². The summed E-state index contributed by atoms with van der Waals surface area (Å²) in [7, 11) is 0. The summed E-state index contributed by atoms with van der Waals surface area (Å²) in [6, 6.07) is 8.75. The third-order valence-corrected chi connectivity index (χ3v) is 4.58. The summed E-state index contributed by atoms with van der Waals surface area (Å²) in [4.78, 5) is 8.72. The number of hydrogen-bond acceptors (Lipinski definition) is 2. The van der Waals surface area contributed by atoms with Crippen molar-refractivity contribution in [1.82, 2.24) is 9.97 Å². The molecule has 0 unspecified atom stereocenters. The summed E-state index contributed by atoms with van der Waals surface area (Å²) in [6.45, 7) is 0. The van der Waals surface area contributed by atoms with E-state index in [-0.39, 0.29) is 5.15 Å². The van der Waals surface area contributed by atoms with Gasteiger partial charge in [0.25, 0.3) is 0 Å². The molecule has 0 amide bonds. The van der Waals surface area contributed by atoms with Crippen molar-refractivity contribution in [2.75, 3.05) is 0 Å². The van der Waals surface area contributed by atoms with E-state index in [1.54, 1.807) is 18.2 Å². The van der Waals surface area contributed by atoms with Gasteiger partial charge in [0.15, 0.2) is 5.82 Å². The maximum Gasteiger partial charge on any atom is 0.163 e. The Balaban J connectivity index is 2.33. The minimum atomic E-state index is 0.237. The van der Waals surface area contributed by atoms with Gasteiger partial charge in [-0.25, -0.2) is 9.97 Å². The Morgan fingerprint density at radius 2 is 1.52 bits per heavy atom. The van der Waals surface area contributed by atoms with Crippen LogP contribution >= 0.6 is 62.3 Å². The lowest BCUT2D eigenvalue weighted by Gasteiger charge is -2.08. The Hall–Kier alpha value is -0.580. The molecule has 106 valence electrons. The van der Waals surface area contributed by atoms with E-state index in [9.17, 15) is 0 Å². The van der Waals surface area contributed by atoms with Crippen LogP contribution in [0.2, 0.25) is 20.2 Å². The molecule has 21 heavy (non-hydrogen) atoms. The first-order valence-electron chi connectivity index (χ1n) is 5.74. The third kappa shape index (κ3) is 2.86. The lowest BCUT2D eigenvalue weighted by atomic mass is 10.2. The molecule has 0 saturated carbocycles. The first-order valence-corrected chi connectivity index (χ1v) is 8.04.